The van der Waals surface area contributed by atoms with Gasteiger partial charge in [0, 0.05) is 16.3 Å². The highest BCUT2D eigenvalue weighted by Crippen LogP contribution is 2.27. The van der Waals surface area contributed by atoms with Gasteiger partial charge in [0.05, 0.1) is 10.9 Å². The molecular formula is C14H20N2O3S2. The summed E-state index contributed by atoms with van der Waals surface area (Å²) in [5.41, 5.74) is 0. The van der Waals surface area contributed by atoms with Crippen LogP contribution in [0.25, 0.3) is 0 Å². The van der Waals surface area contributed by atoms with Gasteiger partial charge in [0.15, 0.2) is 0 Å². The molecule has 21 heavy (non-hydrogen) atoms. The van der Waals surface area contributed by atoms with Crippen LogP contribution in [-0.2, 0) is 16.6 Å². The standard InChI is InChI=1S/C14H20N2O3S2/c1-9-5-6-13(19-9)10(2)16-21(17,18)14-7-12(8-15-4)20-11(14)3/h5-7,10,15-16H,8H2,1-4H3. The van der Waals surface area contributed by atoms with Gasteiger partial charge in [-0.15, -0.1) is 11.3 Å². The van der Waals surface area contributed by atoms with Crippen LogP contribution in [-0.4, -0.2) is 15.5 Å². The molecule has 0 saturated carbocycles. The van der Waals surface area contributed by atoms with Gasteiger partial charge in [-0.25, -0.2) is 13.1 Å². The van der Waals surface area contributed by atoms with Crippen LogP contribution in [0, 0.1) is 13.8 Å². The number of hydrogen-bond acceptors (Lipinski definition) is 5. The zero-order valence-corrected chi connectivity index (χ0v) is 14.2. The smallest absolute Gasteiger partial charge is 0.242 e. The van der Waals surface area contributed by atoms with E-state index in [9.17, 15) is 8.42 Å². The van der Waals surface area contributed by atoms with Crippen molar-refractivity contribution >= 4 is 21.4 Å². The van der Waals surface area contributed by atoms with E-state index in [1.54, 1.807) is 19.1 Å². The summed E-state index contributed by atoms with van der Waals surface area (Å²) in [4.78, 5) is 2.13. The lowest BCUT2D eigenvalue weighted by Gasteiger charge is -2.11. The first-order chi connectivity index (χ1) is 9.83. The minimum Gasteiger partial charge on any atom is -0.465 e. The van der Waals surface area contributed by atoms with Gasteiger partial charge in [0.25, 0.3) is 0 Å². The number of rotatable bonds is 6. The third-order valence-corrected chi connectivity index (χ3v) is 5.93. The van der Waals surface area contributed by atoms with Crippen LogP contribution in [0.15, 0.2) is 27.5 Å². The Morgan fingerprint density at radius 3 is 2.62 bits per heavy atom. The lowest BCUT2D eigenvalue weighted by molar-refractivity contribution is 0.441. The number of furan rings is 1. The zero-order chi connectivity index (χ0) is 15.6. The van der Waals surface area contributed by atoms with Crippen LogP contribution < -0.4 is 10.0 Å². The Labute approximate surface area is 129 Å². The number of thiophene rings is 1. The summed E-state index contributed by atoms with van der Waals surface area (Å²) in [7, 11) is -1.72. The lowest BCUT2D eigenvalue weighted by Crippen LogP contribution is -2.26. The van der Waals surface area contributed by atoms with E-state index in [1.807, 2.05) is 27.0 Å². The molecule has 2 heterocycles. The summed E-state index contributed by atoms with van der Waals surface area (Å²) in [5, 5.41) is 3.03. The second-order valence-corrected chi connectivity index (χ2v) is 7.98. The van der Waals surface area contributed by atoms with E-state index in [-0.39, 0.29) is 0 Å². The van der Waals surface area contributed by atoms with Crippen molar-refractivity contribution in [1.29, 1.82) is 0 Å². The lowest BCUT2D eigenvalue weighted by atomic mass is 10.3. The second kappa shape index (κ2) is 6.31. The van der Waals surface area contributed by atoms with Gasteiger partial charge in [-0.2, -0.15) is 0 Å². The molecule has 0 aliphatic carbocycles. The average molecular weight is 328 g/mol. The number of hydrogen-bond donors (Lipinski definition) is 2. The van der Waals surface area contributed by atoms with Crippen molar-refractivity contribution in [3.05, 3.63) is 39.5 Å². The van der Waals surface area contributed by atoms with Crippen LogP contribution in [0.2, 0.25) is 0 Å². The number of nitrogens with one attached hydrogen (secondary N) is 2. The van der Waals surface area contributed by atoms with E-state index in [1.165, 1.54) is 11.3 Å². The molecule has 0 aromatic carbocycles. The highest BCUT2D eigenvalue weighted by molar-refractivity contribution is 7.89. The molecule has 0 fully saturated rings. The van der Waals surface area contributed by atoms with Crippen LogP contribution in [0.3, 0.4) is 0 Å². The Morgan fingerprint density at radius 2 is 2.05 bits per heavy atom. The zero-order valence-electron chi connectivity index (χ0n) is 12.6. The third kappa shape index (κ3) is 3.74. The largest absolute Gasteiger partial charge is 0.465 e. The quantitative estimate of drug-likeness (QED) is 0.855. The molecule has 0 aliphatic rings. The highest BCUT2D eigenvalue weighted by atomic mass is 32.2. The van der Waals surface area contributed by atoms with Crippen LogP contribution >= 0.6 is 11.3 Å². The molecule has 2 N–H and O–H groups in total. The van der Waals surface area contributed by atoms with Gasteiger partial charge in [-0.1, -0.05) is 0 Å². The summed E-state index contributed by atoms with van der Waals surface area (Å²) >= 11 is 1.49. The van der Waals surface area contributed by atoms with Crippen molar-refractivity contribution in [3.63, 3.8) is 0 Å². The Kier molecular flexibility index (Phi) is 4.88. The predicted molar refractivity (Wildman–Crippen MR) is 84.0 cm³/mol. The summed E-state index contributed by atoms with van der Waals surface area (Å²) in [6, 6.07) is 4.92. The first kappa shape index (κ1) is 16.2. The second-order valence-electron chi connectivity index (χ2n) is 4.95. The Morgan fingerprint density at radius 1 is 1.33 bits per heavy atom. The number of aryl methyl sites for hydroxylation is 2. The molecule has 2 aromatic rings. The monoisotopic (exact) mass is 328 g/mol. The molecule has 2 rings (SSSR count). The topological polar surface area (TPSA) is 71.3 Å². The molecule has 116 valence electrons. The predicted octanol–water partition coefficient (Wildman–Crippen LogP) is 2.72. The summed E-state index contributed by atoms with van der Waals surface area (Å²) in [6.45, 7) is 6.08. The van der Waals surface area contributed by atoms with Crippen molar-refractivity contribution in [2.24, 2.45) is 0 Å². The van der Waals surface area contributed by atoms with E-state index < -0.39 is 16.1 Å². The molecule has 0 aliphatic heterocycles. The minimum atomic E-state index is -3.55. The molecule has 0 radical (unpaired) electrons. The van der Waals surface area contributed by atoms with Crippen LogP contribution in [0.5, 0.6) is 0 Å². The normalized spacial score (nSPS) is 13.5. The van der Waals surface area contributed by atoms with Crippen molar-refractivity contribution in [3.8, 4) is 0 Å². The number of sulfonamides is 1. The SMILES string of the molecule is CNCc1cc(S(=O)(=O)NC(C)c2ccc(C)o2)c(C)s1. The van der Waals surface area contributed by atoms with Crippen molar-refractivity contribution in [2.75, 3.05) is 7.05 Å². The molecule has 0 amide bonds. The maximum atomic E-state index is 12.5. The maximum absolute atomic E-state index is 12.5. The van der Waals surface area contributed by atoms with Crippen molar-refractivity contribution in [2.45, 2.75) is 38.3 Å². The van der Waals surface area contributed by atoms with E-state index >= 15 is 0 Å². The average Bonchev–Trinajstić information content (AvgIpc) is 2.96. The molecule has 0 spiro atoms. The van der Waals surface area contributed by atoms with Gasteiger partial charge < -0.3 is 9.73 Å². The summed E-state index contributed by atoms with van der Waals surface area (Å²) < 4.78 is 33.1. The molecule has 0 saturated heterocycles. The van der Waals surface area contributed by atoms with Gasteiger partial charge in [-0.3, -0.25) is 0 Å². The molecule has 1 unspecified atom stereocenters. The van der Waals surface area contributed by atoms with Gasteiger partial charge in [0.1, 0.15) is 11.5 Å². The Balaban J connectivity index is 2.22. The third-order valence-electron chi connectivity index (χ3n) is 3.08. The Hall–Kier alpha value is -1.15. The molecular weight excluding hydrogens is 308 g/mol. The first-order valence-electron chi connectivity index (χ1n) is 6.66. The molecule has 2 aromatic heterocycles. The van der Waals surface area contributed by atoms with E-state index in [4.69, 9.17) is 4.42 Å². The maximum Gasteiger partial charge on any atom is 0.242 e. The fourth-order valence-corrected chi connectivity index (χ4v) is 4.95. The summed E-state index contributed by atoms with van der Waals surface area (Å²) in [5.74, 6) is 1.37. The van der Waals surface area contributed by atoms with E-state index in [0.29, 0.717) is 17.2 Å². The Bertz CT molecular complexity index is 716. The van der Waals surface area contributed by atoms with Crippen molar-refractivity contribution in [1.82, 2.24) is 10.0 Å². The summed E-state index contributed by atoms with van der Waals surface area (Å²) in [6.07, 6.45) is 0. The molecule has 5 nitrogen and oxygen atoms in total. The molecule has 7 heteroatoms. The molecule has 1 atom stereocenters. The van der Waals surface area contributed by atoms with E-state index in [0.717, 1.165) is 15.5 Å². The minimum absolute atomic E-state index is 0.341. The highest BCUT2D eigenvalue weighted by Gasteiger charge is 2.23. The van der Waals surface area contributed by atoms with E-state index in [2.05, 4.69) is 10.0 Å². The molecule has 0 bridgehead atoms. The van der Waals surface area contributed by atoms with Crippen LogP contribution in [0.1, 0.15) is 34.2 Å². The fraction of sp³-hybridized carbons (Fsp3) is 0.429. The van der Waals surface area contributed by atoms with Gasteiger partial charge in [0.2, 0.25) is 10.0 Å². The van der Waals surface area contributed by atoms with Crippen LogP contribution in [0.4, 0.5) is 0 Å². The van der Waals surface area contributed by atoms with Gasteiger partial charge in [-0.05, 0) is 46.0 Å². The first-order valence-corrected chi connectivity index (χ1v) is 8.96. The van der Waals surface area contributed by atoms with Crippen molar-refractivity contribution < 1.29 is 12.8 Å². The fourth-order valence-electron chi connectivity index (χ4n) is 2.09. The van der Waals surface area contributed by atoms with Gasteiger partial charge >= 0.3 is 0 Å².